The molecule has 1 aromatic carbocycles. The van der Waals surface area contributed by atoms with Crippen molar-refractivity contribution >= 4 is 5.97 Å². The third-order valence-electron chi connectivity index (χ3n) is 3.57. The van der Waals surface area contributed by atoms with Crippen LogP contribution < -0.4 is 5.32 Å². The number of rotatable bonds is 9. The standard InChI is InChI=1S/C17H28N2O2/c1-5-21-17(20)16(15-10-7-6-8-11-15)18-12-9-13-19(4)14(2)3/h6-8,10-11,14,16,18H,5,9,12-13H2,1-4H3. The predicted molar refractivity (Wildman–Crippen MR) is 86.2 cm³/mol. The molecule has 1 unspecified atom stereocenters. The summed E-state index contributed by atoms with van der Waals surface area (Å²) in [5.74, 6) is -0.207. The fourth-order valence-corrected chi connectivity index (χ4v) is 2.04. The Labute approximate surface area is 128 Å². The lowest BCUT2D eigenvalue weighted by atomic mass is 10.1. The van der Waals surface area contributed by atoms with Gasteiger partial charge in [-0.3, -0.25) is 0 Å². The molecule has 0 aromatic heterocycles. The smallest absolute Gasteiger partial charge is 0.327 e. The maximum absolute atomic E-state index is 12.1. The summed E-state index contributed by atoms with van der Waals surface area (Å²) in [5.41, 5.74) is 0.952. The van der Waals surface area contributed by atoms with Crippen molar-refractivity contribution in [2.45, 2.75) is 39.3 Å². The number of hydrogen-bond donors (Lipinski definition) is 1. The summed E-state index contributed by atoms with van der Waals surface area (Å²) in [7, 11) is 2.12. The Morgan fingerprint density at radius 1 is 1.29 bits per heavy atom. The van der Waals surface area contributed by atoms with Crippen LogP contribution >= 0.6 is 0 Å². The number of benzene rings is 1. The molecule has 0 amide bonds. The Hall–Kier alpha value is -1.39. The number of ether oxygens (including phenoxy) is 1. The van der Waals surface area contributed by atoms with Crippen LogP contribution in [0, 0.1) is 0 Å². The van der Waals surface area contributed by atoms with E-state index in [1.54, 1.807) is 0 Å². The molecule has 0 bridgehead atoms. The summed E-state index contributed by atoms with van der Waals surface area (Å²) in [4.78, 5) is 14.4. The van der Waals surface area contributed by atoms with Crippen molar-refractivity contribution in [3.63, 3.8) is 0 Å². The number of carbonyl (C=O) groups excluding carboxylic acids is 1. The van der Waals surface area contributed by atoms with Crippen molar-refractivity contribution in [1.82, 2.24) is 10.2 Å². The summed E-state index contributed by atoms with van der Waals surface area (Å²) in [6, 6.07) is 9.90. The molecule has 118 valence electrons. The molecule has 0 heterocycles. The van der Waals surface area contributed by atoms with E-state index in [1.807, 2.05) is 37.3 Å². The first-order chi connectivity index (χ1) is 10.1. The van der Waals surface area contributed by atoms with Gasteiger partial charge in [0.05, 0.1) is 6.61 Å². The van der Waals surface area contributed by atoms with Gasteiger partial charge in [-0.15, -0.1) is 0 Å². The van der Waals surface area contributed by atoms with Crippen LogP contribution in [0.2, 0.25) is 0 Å². The lowest BCUT2D eigenvalue weighted by Gasteiger charge is -2.22. The first-order valence-corrected chi connectivity index (χ1v) is 7.71. The summed E-state index contributed by atoms with van der Waals surface area (Å²) >= 11 is 0. The second-order valence-corrected chi connectivity index (χ2v) is 5.48. The fourth-order valence-electron chi connectivity index (χ4n) is 2.04. The quantitative estimate of drug-likeness (QED) is 0.561. The number of nitrogens with one attached hydrogen (secondary N) is 1. The van der Waals surface area contributed by atoms with Crippen LogP contribution in [0.25, 0.3) is 0 Å². The van der Waals surface area contributed by atoms with Crippen molar-refractivity contribution in [2.75, 3.05) is 26.7 Å². The average molecular weight is 292 g/mol. The largest absolute Gasteiger partial charge is 0.465 e. The summed E-state index contributed by atoms with van der Waals surface area (Å²) in [6.07, 6.45) is 0.997. The molecular weight excluding hydrogens is 264 g/mol. The van der Waals surface area contributed by atoms with Gasteiger partial charge in [-0.2, -0.15) is 0 Å². The van der Waals surface area contributed by atoms with Gasteiger partial charge in [0.2, 0.25) is 0 Å². The molecule has 1 atom stereocenters. The minimum atomic E-state index is -0.379. The number of esters is 1. The normalized spacial score (nSPS) is 12.7. The maximum Gasteiger partial charge on any atom is 0.327 e. The molecule has 1 aromatic rings. The molecule has 0 spiro atoms. The topological polar surface area (TPSA) is 41.6 Å². The predicted octanol–water partition coefficient (Wildman–Crippen LogP) is 2.61. The van der Waals surface area contributed by atoms with Crippen molar-refractivity contribution in [3.05, 3.63) is 35.9 Å². The summed E-state index contributed by atoms with van der Waals surface area (Å²) in [5, 5.41) is 3.31. The van der Waals surface area contributed by atoms with Crippen LogP contribution in [0.1, 0.15) is 38.8 Å². The molecule has 1 rings (SSSR count). The molecule has 4 heteroatoms. The van der Waals surface area contributed by atoms with Gasteiger partial charge in [0, 0.05) is 6.04 Å². The molecule has 4 nitrogen and oxygen atoms in total. The lowest BCUT2D eigenvalue weighted by molar-refractivity contribution is -0.145. The zero-order valence-corrected chi connectivity index (χ0v) is 13.6. The van der Waals surface area contributed by atoms with E-state index in [2.05, 4.69) is 31.1 Å². The zero-order valence-electron chi connectivity index (χ0n) is 13.6. The SMILES string of the molecule is CCOC(=O)C(NCCCN(C)C(C)C)c1ccccc1. The van der Waals surface area contributed by atoms with Gasteiger partial charge in [-0.05, 0) is 52.9 Å². The van der Waals surface area contributed by atoms with Crippen LogP contribution in [0.5, 0.6) is 0 Å². The van der Waals surface area contributed by atoms with Crippen molar-refractivity contribution in [1.29, 1.82) is 0 Å². The van der Waals surface area contributed by atoms with Gasteiger partial charge in [0.15, 0.2) is 0 Å². The third kappa shape index (κ3) is 6.27. The Balaban J connectivity index is 2.53. The third-order valence-corrected chi connectivity index (χ3v) is 3.57. The second kappa shape index (κ2) is 9.53. The minimum Gasteiger partial charge on any atom is -0.465 e. The van der Waals surface area contributed by atoms with Crippen LogP contribution in [0.3, 0.4) is 0 Å². The molecule has 0 aliphatic rings. The highest BCUT2D eigenvalue weighted by molar-refractivity contribution is 5.77. The number of hydrogen-bond acceptors (Lipinski definition) is 4. The van der Waals surface area contributed by atoms with E-state index in [1.165, 1.54) is 0 Å². The Bertz CT molecular complexity index is 407. The van der Waals surface area contributed by atoms with E-state index < -0.39 is 0 Å². The van der Waals surface area contributed by atoms with Gasteiger partial charge >= 0.3 is 5.97 Å². The molecule has 0 saturated carbocycles. The monoisotopic (exact) mass is 292 g/mol. The average Bonchev–Trinajstić information content (AvgIpc) is 2.47. The van der Waals surface area contributed by atoms with E-state index in [0.29, 0.717) is 12.6 Å². The molecule has 0 saturated heterocycles. The van der Waals surface area contributed by atoms with Crippen molar-refractivity contribution in [2.24, 2.45) is 0 Å². The highest BCUT2D eigenvalue weighted by Gasteiger charge is 2.20. The molecule has 0 aliphatic heterocycles. The summed E-state index contributed by atoms with van der Waals surface area (Å²) < 4.78 is 5.16. The van der Waals surface area contributed by atoms with Gasteiger partial charge in [0.25, 0.3) is 0 Å². The highest BCUT2D eigenvalue weighted by Crippen LogP contribution is 2.14. The van der Waals surface area contributed by atoms with Gasteiger partial charge in [0.1, 0.15) is 6.04 Å². The van der Waals surface area contributed by atoms with E-state index in [4.69, 9.17) is 4.74 Å². The molecule has 1 N–H and O–H groups in total. The zero-order chi connectivity index (χ0) is 15.7. The van der Waals surface area contributed by atoms with Gasteiger partial charge in [-0.25, -0.2) is 4.79 Å². The first kappa shape index (κ1) is 17.7. The van der Waals surface area contributed by atoms with Gasteiger partial charge in [-0.1, -0.05) is 30.3 Å². The van der Waals surface area contributed by atoms with Crippen LogP contribution in [0.4, 0.5) is 0 Å². The second-order valence-electron chi connectivity index (χ2n) is 5.48. The number of carbonyl (C=O) groups is 1. The number of nitrogens with zero attached hydrogens (tertiary/aromatic N) is 1. The molecule has 0 aliphatic carbocycles. The van der Waals surface area contributed by atoms with Crippen LogP contribution in [0.15, 0.2) is 30.3 Å². The Kier molecular flexibility index (Phi) is 8.01. The van der Waals surface area contributed by atoms with E-state index >= 15 is 0 Å². The molecule has 0 fully saturated rings. The molecular formula is C17H28N2O2. The first-order valence-electron chi connectivity index (χ1n) is 7.71. The van der Waals surface area contributed by atoms with Crippen LogP contribution in [-0.4, -0.2) is 43.7 Å². The fraction of sp³-hybridized carbons (Fsp3) is 0.588. The maximum atomic E-state index is 12.1. The highest BCUT2D eigenvalue weighted by atomic mass is 16.5. The Morgan fingerprint density at radius 3 is 2.52 bits per heavy atom. The van der Waals surface area contributed by atoms with Crippen LogP contribution in [-0.2, 0) is 9.53 Å². The van der Waals surface area contributed by atoms with E-state index in [-0.39, 0.29) is 12.0 Å². The van der Waals surface area contributed by atoms with Crippen molar-refractivity contribution < 1.29 is 9.53 Å². The minimum absolute atomic E-state index is 0.207. The lowest BCUT2D eigenvalue weighted by Crippen LogP contribution is -2.33. The molecule has 21 heavy (non-hydrogen) atoms. The van der Waals surface area contributed by atoms with Gasteiger partial charge < -0.3 is 15.0 Å². The van der Waals surface area contributed by atoms with E-state index in [0.717, 1.165) is 25.1 Å². The summed E-state index contributed by atoms with van der Waals surface area (Å²) in [6.45, 7) is 8.39. The van der Waals surface area contributed by atoms with Crippen molar-refractivity contribution in [3.8, 4) is 0 Å². The molecule has 0 radical (unpaired) electrons. The Morgan fingerprint density at radius 2 is 1.95 bits per heavy atom. The van der Waals surface area contributed by atoms with E-state index in [9.17, 15) is 4.79 Å².